The molecule has 5 rings (SSSR count). The number of rotatable bonds is 5. The van der Waals surface area contributed by atoms with Gasteiger partial charge in [-0.05, 0) is 31.6 Å². The molecule has 1 N–H and O–H groups in total. The SMILES string of the molecule is CCn1cc(CN2CC3Cc4nnc(C(=O)NC5CC5)n4CC3C2)cn1. The summed E-state index contributed by atoms with van der Waals surface area (Å²) in [6.07, 6.45) is 7.19. The Balaban J connectivity index is 1.26. The third-order valence-corrected chi connectivity index (χ3v) is 5.87. The number of aromatic nitrogens is 5. The molecule has 4 heterocycles. The van der Waals surface area contributed by atoms with Crippen molar-refractivity contribution >= 4 is 5.91 Å². The van der Waals surface area contributed by atoms with Crippen LogP contribution in [0.3, 0.4) is 0 Å². The fourth-order valence-electron chi connectivity index (χ4n) is 4.32. The van der Waals surface area contributed by atoms with Gasteiger partial charge in [-0.3, -0.25) is 14.4 Å². The Hall–Kier alpha value is -2.22. The van der Waals surface area contributed by atoms with Gasteiger partial charge in [-0.15, -0.1) is 10.2 Å². The van der Waals surface area contributed by atoms with Crippen LogP contribution in [0, 0.1) is 11.8 Å². The Morgan fingerprint density at radius 3 is 2.85 bits per heavy atom. The van der Waals surface area contributed by atoms with Crippen LogP contribution in [0.5, 0.6) is 0 Å². The standard InChI is InChI=1S/C18H25N7O/c1-2-24-8-12(6-19-24)7-23-9-13-5-16-21-22-17(18(26)20-15-3-4-15)25(16)11-14(13)10-23/h6,8,13-15H,2-5,7,9-11H2,1H3,(H,20,26). The summed E-state index contributed by atoms with van der Waals surface area (Å²) in [5.74, 6) is 2.56. The van der Waals surface area contributed by atoms with Crippen LogP contribution in [0.25, 0.3) is 0 Å². The van der Waals surface area contributed by atoms with Crippen molar-refractivity contribution in [3.05, 3.63) is 29.6 Å². The molecule has 0 spiro atoms. The second-order valence-electron chi connectivity index (χ2n) is 7.92. The van der Waals surface area contributed by atoms with E-state index in [9.17, 15) is 4.79 Å². The van der Waals surface area contributed by atoms with E-state index in [0.717, 1.165) is 57.8 Å². The third kappa shape index (κ3) is 2.92. The average molecular weight is 355 g/mol. The van der Waals surface area contributed by atoms with E-state index in [0.29, 0.717) is 23.7 Å². The summed E-state index contributed by atoms with van der Waals surface area (Å²) in [5, 5.41) is 15.9. The number of nitrogens with one attached hydrogen (secondary N) is 1. The van der Waals surface area contributed by atoms with Gasteiger partial charge in [0.1, 0.15) is 5.82 Å². The van der Waals surface area contributed by atoms with Crippen LogP contribution >= 0.6 is 0 Å². The highest BCUT2D eigenvalue weighted by Crippen LogP contribution is 2.33. The van der Waals surface area contributed by atoms with E-state index in [2.05, 4.69) is 43.2 Å². The van der Waals surface area contributed by atoms with E-state index in [1.165, 1.54) is 5.56 Å². The van der Waals surface area contributed by atoms with Gasteiger partial charge in [-0.2, -0.15) is 5.10 Å². The lowest BCUT2D eigenvalue weighted by Crippen LogP contribution is -2.33. The zero-order valence-electron chi connectivity index (χ0n) is 15.1. The summed E-state index contributed by atoms with van der Waals surface area (Å²) < 4.78 is 4.03. The molecule has 138 valence electrons. The van der Waals surface area contributed by atoms with Gasteiger partial charge < -0.3 is 9.88 Å². The molecule has 2 aromatic heterocycles. The second-order valence-corrected chi connectivity index (χ2v) is 7.92. The number of carbonyl (C=O) groups excluding carboxylic acids is 1. The second kappa shape index (κ2) is 6.19. The minimum absolute atomic E-state index is 0.0634. The molecule has 8 heteroatoms. The highest BCUT2D eigenvalue weighted by atomic mass is 16.2. The zero-order chi connectivity index (χ0) is 17.7. The normalized spacial score (nSPS) is 25.1. The molecule has 2 fully saturated rings. The maximum atomic E-state index is 12.4. The molecule has 1 saturated carbocycles. The van der Waals surface area contributed by atoms with Gasteiger partial charge in [0.15, 0.2) is 0 Å². The Morgan fingerprint density at radius 1 is 1.23 bits per heavy atom. The lowest BCUT2D eigenvalue weighted by atomic mass is 9.89. The van der Waals surface area contributed by atoms with E-state index in [-0.39, 0.29) is 5.91 Å². The van der Waals surface area contributed by atoms with Crippen molar-refractivity contribution in [2.75, 3.05) is 13.1 Å². The first kappa shape index (κ1) is 16.0. The predicted molar refractivity (Wildman–Crippen MR) is 94.4 cm³/mol. The number of carbonyl (C=O) groups is 1. The number of hydrogen-bond acceptors (Lipinski definition) is 5. The third-order valence-electron chi connectivity index (χ3n) is 5.87. The number of nitrogens with zero attached hydrogens (tertiary/aromatic N) is 6. The Kier molecular flexibility index (Phi) is 3.81. The van der Waals surface area contributed by atoms with Gasteiger partial charge >= 0.3 is 0 Å². The van der Waals surface area contributed by atoms with Gasteiger partial charge in [0.2, 0.25) is 5.82 Å². The number of fused-ring (bicyclic) bond motifs is 2. The molecule has 26 heavy (non-hydrogen) atoms. The minimum atomic E-state index is -0.0634. The van der Waals surface area contributed by atoms with E-state index >= 15 is 0 Å². The zero-order valence-corrected chi connectivity index (χ0v) is 15.1. The first-order valence-corrected chi connectivity index (χ1v) is 9.66. The van der Waals surface area contributed by atoms with Crippen molar-refractivity contribution in [1.82, 2.24) is 34.8 Å². The van der Waals surface area contributed by atoms with Crippen LogP contribution < -0.4 is 5.32 Å². The molecule has 2 aromatic rings. The Morgan fingerprint density at radius 2 is 2.08 bits per heavy atom. The van der Waals surface area contributed by atoms with E-state index in [1.54, 1.807) is 0 Å². The quantitative estimate of drug-likeness (QED) is 0.854. The number of likely N-dealkylation sites (tertiary alicyclic amines) is 1. The number of hydrogen-bond donors (Lipinski definition) is 1. The van der Waals surface area contributed by atoms with Crippen LogP contribution in [0.2, 0.25) is 0 Å². The molecule has 2 aliphatic heterocycles. The average Bonchev–Trinajstić information content (AvgIpc) is 3.04. The monoisotopic (exact) mass is 355 g/mol. The summed E-state index contributed by atoms with van der Waals surface area (Å²) in [5.41, 5.74) is 1.27. The first-order chi connectivity index (χ1) is 12.7. The van der Waals surface area contributed by atoms with Gasteiger partial charge in [-0.1, -0.05) is 0 Å². The highest BCUT2D eigenvalue weighted by molar-refractivity contribution is 5.91. The largest absolute Gasteiger partial charge is 0.347 e. The van der Waals surface area contributed by atoms with Crippen LogP contribution in [0.4, 0.5) is 0 Å². The molecule has 3 aliphatic rings. The molecule has 1 aliphatic carbocycles. The van der Waals surface area contributed by atoms with Crippen LogP contribution in [-0.4, -0.2) is 54.5 Å². The van der Waals surface area contributed by atoms with Gasteiger partial charge in [0, 0.05) is 56.9 Å². The van der Waals surface area contributed by atoms with Crippen molar-refractivity contribution < 1.29 is 4.79 Å². The summed E-state index contributed by atoms with van der Waals surface area (Å²) in [6, 6.07) is 0.345. The van der Waals surface area contributed by atoms with E-state index < -0.39 is 0 Å². The van der Waals surface area contributed by atoms with Crippen molar-refractivity contribution in [3.63, 3.8) is 0 Å². The van der Waals surface area contributed by atoms with Crippen LogP contribution in [-0.2, 0) is 26.1 Å². The highest BCUT2D eigenvalue weighted by Gasteiger charge is 2.39. The topological polar surface area (TPSA) is 80.9 Å². The molecule has 1 amide bonds. The number of amides is 1. The summed E-state index contributed by atoms with van der Waals surface area (Å²) >= 11 is 0. The minimum Gasteiger partial charge on any atom is -0.347 e. The molecule has 0 aromatic carbocycles. The van der Waals surface area contributed by atoms with Crippen molar-refractivity contribution in [3.8, 4) is 0 Å². The fraction of sp³-hybridized carbons (Fsp3) is 0.667. The van der Waals surface area contributed by atoms with E-state index in [1.807, 2.05) is 10.9 Å². The maximum Gasteiger partial charge on any atom is 0.289 e. The van der Waals surface area contributed by atoms with Crippen LogP contribution in [0.15, 0.2) is 12.4 Å². The summed E-state index contributed by atoms with van der Waals surface area (Å²) in [4.78, 5) is 14.9. The fourth-order valence-corrected chi connectivity index (χ4v) is 4.32. The Bertz CT molecular complexity index is 821. The summed E-state index contributed by atoms with van der Waals surface area (Å²) in [7, 11) is 0. The molecule has 1 saturated heterocycles. The molecular formula is C18H25N7O. The van der Waals surface area contributed by atoms with Crippen molar-refractivity contribution in [2.24, 2.45) is 11.8 Å². The predicted octanol–water partition coefficient (Wildman–Crippen LogP) is 0.691. The molecule has 0 radical (unpaired) electrons. The molecular weight excluding hydrogens is 330 g/mol. The van der Waals surface area contributed by atoms with Gasteiger partial charge in [0.25, 0.3) is 5.91 Å². The van der Waals surface area contributed by atoms with Gasteiger partial charge in [-0.25, -0.2) is 0 Å². The maximum absolute atomic E-state index is 12.4. The lowest BCUT2D eigenvalue weighted by Gasteiger charge is -2.25. The number of aryl methyl sites for hydroxylation is 1. The lowest BCUT2D eigenvalue weighted by molar-refractivity contribution is 0.0932. The molecule has 2 atom stereocenters. The molecule has 8 nitrogen and oxygen atoms in total. The van der Waals surface area contributed by atoms with E-state index in [4.69, 9.17) is 0 Å². The summed E-state index contributed by atoms with van der Waals surface area (Å²) in [6.45, 7) is 6.95. The van der Waals surface area contributed by atoms with Crippen molar-refractivity contribution in [2.45, 2.75) is 51.9 Å². The molecule has 2 unspecified atom stereocenters. The first-order valence-electron chi connectivity index (χ1n) is 9.66. The molecule has 0 bridgehead atoms. The Labute approximate surface area is 152 Å². The van der Waals surface area contributed by atoms with Crippen molar-refractivity contribution in [1.29, 1.82) is 0 Å². The van der Waals surface area contributed by atoms with Gasteiger partial charge in [0.05, 0.1) is 6.20 Å². The van der Waals surface area contributed by atoms with Crippen LogP contribution in [0.1, 0.15) is 41.8 Å². The smallest absolute Gasteiger partial charge is 0.289 e.